The first-order chi connectivity index (χ1) is 10.5. The summed E-state index contributed by atoms with van der Waals surface area (Å²) in [4.78, 5) is 0. The summed E-state index contributed by atoms with van der Waals surface area (Å²) in [5.41, 5.74) is 0. The SMILES string of the molecule is CN(CCOCCO)S(=O)(=O)C(F)(F)C(F)(F)C(F)(F)C(F)(F)F. The molecule has 24 heavy (non-hydrogen) atoms. The zero-order chi connectivity index (χ0) is 19.6. The zero-order valence-corrected chi connectivity index (χ0v) is 12.6. The Morgan fingerprint density at radius 3 is 1.75 bits per heavy atom. The summed E-state index contributed by atoms with van der Waals surface area (Å²) in [6.45, 7) is -2.71. The average molecular weight is 401 g/mol. The molecule has 0 aromatic carbocycles. The van der Waals surface area contributed by atoms with Gasteiger partial charge in [-0.3, -0.25) is 0 Å². The molecule has 0 bridgehead atoms. The summed E-state index contributed by atoms with van der Waals surface area (Å²) in [5, 5.41) is 1.57. The molecular formula is C9H12F9NO4S. The molecule has 0 rings (SSSR count). The Morgan fingerprint density at radius 1 is 0.917 bits per heavy atom. The van der Waals surface area contributed by atoms with Crippen LogP contribution in [-0.2, 0) is 14.8 Å². The molecular weight excluding hydrogens is 389 g/mol. The Balaban J connectivity index is 5.61. The van der Waals surface area contributed by atoms with E-state index in [2.05, 4.69) is 4.74 Å². The molecule has 0 radical (unpaired) electrons. The highest BCUT2D eigenvalue weighted by Crippen LogP contribution is 2.55. The third-order valence-corrected chi connectivity index (χ3v) is 4.54. The maximum Gasteiger partial charge on any atom is 0.460 e. The van der Waals surface area contributed by atoms with E-state index in [-0.39, 0.29) is 13.7 Å². The Labute approximate surface area is 130 Å². The number of aliphatic hydroxyl groups is 1. The Kier molecular flexibility index (Phi) is 6.97. The molecule has 0 saturated heterocycles. The average Bonchev–Trinajstić information content (AvgIpc) is 2.41. The van der Waals surface area contributed by atoms with Crippen LogP contribution in [0.5, 0.6) is 0 Å². The van der Waals surface area contributed by atoms with Gasteiger partial charge in [0, 0.05) is 13.6 Å². The lowest BCUT2D eigenvalue weighted by atomic mass is 10.1. The van der Waals surface area contributed by atoms with Crippen LogP contribution in [0, 0.1) is 0 Å². The second-order valence-corrected chi connectivity index (χ2v) is 6.41. The molecule has 0 fully saturated rings. The standard InChI is InChI=1S/C9H12F9NO4S/c1-19(2-4-23-5-3-20)24(21,22)9(17,18)7(12,13)6(10,11)8(14,15)16/h20H,2-5H2,1H3. The van der Waals surface area contributed by atoms with Gasteiger partial charge in [0.25, 0.3) is 10.0 Å². The zero-order valence-electron chi connectivity index (χ0n) is 11.8. The lowest BCUT2D eigenvalue weighted by Crippen LogP contribution is -2.65. The number of likely N-dealkylation sites (N-methyl/N-ethyl adjacent to an activating group) is 1. The normalized spacial score (nSPS) is 15.2. The summed E-state index contributed by atoms with van der Waals surface area (Å²) in [6, 6.07) is 0. The highest BCUT2D eigenvalue weighted by Gasteiger charge is 2.85. The smallest absolute Gasteiger partial charge is 0.394 e. The number of ether oxygens (including phenoxy) is 1. The van der Waals surface area contributed by atoms with Crippen molar-refractivity contribution in [2.24, 2.45) is 0 Å². The van der Waals surface area contributed by atoms with Crippen molar-refractivity contribution in [2.75, 3.05) is 33.4 Å². The minimum atomic E-state index is -7.30. The molecule has 146 valence electrons. The lowest BCUT2D eigenvalue weighted by molar-refractivity contribution is -0.382. The highest BCUT2D eigenvalue weighted by atomic mass is 32.2. The molecule has 0 amide bonds. The lowest BCUT2D eigenvalue weighted by Gasteiger charge is -2.34. The number of sulfonamides is 1. The van der Waals surface area contributed by atoms with Crippen molar-refractivity contribution in [2.45, 2.75) is 23.3 Å². The predicted octanol–water partition coefficient (Wildman–Crippen LogP) is 1.68. The highest BCUT2D eigenvalue weighted by molar-refractivity contribution is 7.90. The van der Waals surface area contributed by atoms with E-state index in [9.17, 15) is 47.9 Å². The number of hydrogen-bond acceptors (Lipinski definition) is 4. The third kappa shape index (κ3) is 3.88. The van der Waals surface area contributed by atoms with Crippen molar-refractivity contribution in [3.63, 3.8) is 0 Å². The van der Waals surface area contributed by atoms with Crippen LogP contribution in [0.4, 0.5) is 39.5 Å². The summed E-state index contributed by atoms with van der Waals surface area (Å²) in [6.07, 6.45) is -7.11. The van der Waals surface area contributed by atoms with Crippen molar-refractivity contribution < 1.29 is 57.8 Å². The molecule has 0 spiro atoms. The van der Waals surface area contributed by atoms with Gasteiger partial charge in [-0.2, -0.15) is 43.8 Å². The summed E-state index contributed by atoms with van der Waals surface area (Å²) < 4.78 is 141. The van der Waals surface area contributed by atoms with E-state index in [1.165, 1.54) is 0 Å². The van der Waals surface area contributed by atoms with Crippen LogP contribution >= 0.6 is 0 Å². The second-order valence-electron chi connectivity index (χ2n) is 4.33. The molecule has 0 atom stereocenters. The van der Waals surface area contributed by atoms with Gasteiger partial charge in [0.2, 0.25) is 0 Å². The van der Waals surface area contributed by atoms with Crippen molar-refractivity contribution in [1.29, 1.82) is 0 Å². The van der Waals surface area contributed by atoms with E-state index >= 15 is 0 Å². The van der Waals surface area contributed by atoms with Gasteiger partial charge in [-0.05, 0) is 0 Å². The predicted molar refractivity (Wildman–Crippen MR) is 60.4 cm³/mol. The van der Waals surface area contributed by atoms with Crippen molar-refractivity contribution in [3.05, 3.63) is 0 Å². The van der Waals surface area contributed by atoms with E-state index in [4.69, 9.17) is 5.11 Å². The number of rotatable bonds is 9. The maximum absolute atomic E-state index is 13.4. The van der Waals surface area contributed by atoms with Gasteiger partial charge in [-0.25, -0.2) is 8.42 Å². The second kappa shape index (κ2) is 7.21. The molecule has 0 aromatic heterocycles. The molecule has 5 nitrogen and oxygen atoms in total. The van der Waals surface area contributed by atoms with Crippen molar-refractivity contribution in [3.8, 4) is 0 Å². The van der Waals surface area contributed by atoms with E-state index < -0.39 is 57.4 Å². The topological polar surface area (TPSA) is 66.8 Å². The van der Waals surface area contributed by atoms with Crippen LogP contribution < -0.4 is 0 Å². The van der Waals surface area contributed by atoms with Crippen LogP contribution in [0.25, 0.3) is 0 Å². The Morgan fingerprint density at radius 2 is 1.38 bits per heavy atom. The Hall–Kier alpha value is -0.800. The summed E-state index contributed by atoms with van der Waals surface area (Å²) in [7, 11) is -6.34. The van der Waals surface area contributed by atoms with Gasteiger partial charge >= 0.3 is 23.3 Å². The van der Waals surface area contributed by atoms with E-state index in [1.54, 1.807) is 0 Å². The molecule has 15 heteroatoms. The van der Waals surface area contributed by atoms with Crippen LogP contribution in [0.1, 0.15) is 0 Å². The monoisotopic (exact) mass is 401 g/mol. The van der Waals surface area contributed by atoms with Crippen LogP contribution in [0.3, 0.4) is 0 Å². The molecule has 0 aromatic rings. The number of aliphatic hydroxyl groups excluding tert-OH is 1. The number of hydrogen-bond donors (Lipinski definition) is 1. The fourth-order valence-electron chi connectivity index (χ4n) is 1.20. The van der Waals surface area contributed by atoms with Gasteiger partial charge in [-0.15, -0.1) is 0 Å². The van der Waals surface area contributed by atoms with E-state index in [0.29, 0.717) is 0 Å². The van der Waals surface area contributed by atoms with Gasteiger partial charge in [0.15, 0.2) is 0 Å². The number of halogens is 9. The molecule has 0 aliphatic heterocycles. The Bertz CT molecular complexity index is 520. The largest absolute Gasteiger partial charge is 0.460 e. The van der Waals surface area contributed by atoms with E-state index in [1.807, 2.05) is 0 Å². The van der Waals surface area contributed by atoms with Gasteiger partial charge in [0.1, 0.15) is 0 Å². The van der Waals surface area contributed by atoms with Gasteiger partial charge < -0.3 is 9.84 Å². The number of nitrogens with zero attached hydrogens (tertiary/aromatic N) is 1. The first kappa shape index (κ1) is 23.2. The molecule has 0 unspecified atom stereocenters. The molecule has 0 saturated carbocycles. The number of alkyl halides is 9. The fraction of sp³-hybridized carbons (Fsp3) is 1.00. The maximum atomic E-state index is 13.4. The molecule has 0 aliphatic carbocycles. The first-order valence-corrected chi connectivity index (χ1v) is 7.27. The van der Waals surface area contributed by atoms with Crippen LogP contribution in [0.15, 0.2) is 0 Å². The molecule has 1 N–H and O–H groups in total. The van der Waals surface area contributed by atoms with Crippen molar-refractivity contribution in [1.82, 2.24) is 4.31 Å². The third-order valence-electron chi connectivity index (χ3n) is 2.64. The van der Waals surface area contributed by atoms with Crippen molar-refractivity contribution >= 4 is 10.0 Å². The van der Waals surface area contributed by atoms with Gasteiger partial charge in [-0.1, -0.05) is 0 Å². The molecule has 0 aliphatic rings. The van der Waals surface area contributed by atoms with E-state index in [0.717, 1.165) is 0 Å². The summed E-state index contributed by atoms with van der Waals surface area (Å²) in [5.74, 6) is -14.6. The fourth-order valence-corrected chi connectivity index (χ4v) is 2.36. The minimum absolute atomic E-state index is 0.257. The minimum Gasteiger partial charge on any atom is -0.394 e. The van der Waals surface area contributed by atoms with Crippen LogP contribution in [0.2, 0.25) is 0 Å². The van der Waals surface area contributed by atoms with Gasteiger partial charge in [0.05, 0.1) is 19.8 Å². The first-order valence-electron chi connectivity index (χ1n) is 5.83. The molecule has 0 heterocycles. The van der Waals surface area contributed by atoms with Crippen LogP contribution in [-0.4, -0.2) is 74.5 Å². The quantitative estimate of drug-likeness (QED) is 0.472. The summed E-state index contributed by atoms with van der Waals surface area (Å²) >= 11 is 0.